The number of anilines is 2. The zero-order valence-electron chi connectivity index (χ0n) is 11.3. The number of nitrogen functional groups attached to an aromatic ring is 1. The highest BCUT2D eigenvalue weighted by Crippen LogP contribution is 2.12. The second-order valence-electron chi connectivity index (χ2n) is 4.35. The molecule has 1 aromatic carbocycles. The summed E-state index contributed by atoms with van der Waals surface area (Å²) in [5.41, 5.74) is 6.80. The lowest BCUT2D eigenvalue weighted by atomic mass is 10.3. The molecule has 0 aliphatic heterocycles. The van der Waals surface area contributed by atoms with Crippen molar-refractivity contribution in [2.75, 3.05) is 24.7 Å². The molecule has 0 spiro atoms. The Morgan fingerprint density at radius 3 is 2.37 bits per heavy atom. The summed E-state index contributed by atoms with van der Waals surface area (Å²) >= 11 is 0. The Hall–Kier alpha value is -2.24. The first-order chi connectivity index (χ1) is 8.93. The predicted octanol–water partition coefficient (Wildman–Crippen LogP) is 1.68. The number of benzene rings is 1. The fourth-order valence-electron chi connectivity index (χ4n) is 1.45. The molecule has 0 atom stereocenters. The van der Waals surface area contributed by atoms with E-state index in [-0.39, 0.29) is 18.6 Å². The van der Waals surface area contributed by atoms with Crippen LogP contribution in [0.1, 0.15) is 13.8 Å². The Balaban J connectivity index is 2.71. The minimum Gasteiger partial charge on any atom is -0.468 e. The van der Waals surface area contributed by atoms with Crippen molar-refractivity contribution in [2.45, 2.75) is 19.9 Å². The second kappa shape index (κ2) is 6.63. The number of nitrogens with two attached hydrogens (primary N) is 1. The molecule has 2 amide bonds. The van der Waals surface area contributed by atoms with Crippen LogP contribution < -0.4 is 11.1 Å². The largest absolute Gasteiger partial charge is 0.468 e. The minimum atomic E-state index is -0.457. The number of carbonyl (C=O) groups is 2. The van der Waals surface area contributed by atoms with E-state index in [0.29, 0.717) is 11.4 Å². The maximum absolute atomic E-state index is 12.1. The third kappa shape index (κ3) is 4.50. The summed E-state index contributed by atoms with van der Waals surface area (Å²) in [6.45, 7) is 3.56. The van der Waals surface area contributed by atoms with E-state index in [9.17, 15) is 9.59 Å². The van der Waals surface area contributed by atoms with Crippen LogP contribution in [0.2, 0.25) is 0 Å². The predicted molar refractivity (Wildman–Crippen MR) is 73.7 cm³/mol. The molecule has 6 nitrogen and oxygen atoms in total. The highest BCUT2D eigenvalue weighted by atomic mass is 16.5. The van der Waals surface area contributed by atoms with Crippen molar-refractivity contribution in [3.63, 3.8) is 0 Å². The molecule has 0 bridgehead atoms. The molecular formula is C13H19N3O3. The number of methoxy groups -OCH3 is 1. The van der Waals surface area contributed by atoms with E-state index in [2.05, 4.69) is 10.1 Å². The summed E-state index contributed by atoms with van der Waals surface area (Å²) in [6.07, 6.45) is 0. The van der Waals surface area contributed by atoms with Gasteiger partial charge in [-0.15, -0.1) is 0 Å². The van der Waals surface area contributed by atoms with Crippen molar-refractivity contribution < 1.29 is 14.3 Å². The van der Waals surface area contributed by atoms with Crippen molar-refractivity contribution in [3.8, 4) is 0 Å². The maximum atomic E-state index is 12.1. The number of amides is 2. The Labute approximate surface area is 112 Å². The lowest BCUT2D eigenvalue weighted by molar-refractivity contribution is -0.141. The summed E-state index contributed by atoms with van der Waals surface area (Å²) in [6, 6.07) is 6.30. The van der Waals surface area contributed by atoms with Crippen molar-refractivity contribution in [3.05, 3.63) is 24.3 Å². The summed E-state index contributed by atoms with van der Waals surface area (Å²) < 4.78 is 4.57. The minimum absolute atomic E-state index is 0.0883. The third-order valence-electron chi connectivity index (χ3n) is 2.57. The standard InChI is InChI=1S/C13H19N3O3/c1-9(2)16(8-12(17)19-3)13(18)15-11-6-4-10(14)5-7-11/h4-7,9H,8,14H2,1-3H3,(H,15,18). The van der Waals surface area contributed by atoms with Gasteiger partial charge >= 0.3 is 12.0 Å². The number of carbonyl (C=O) groups excluding carboxylic acids is 2. The van der Waals surface area contributed by atoms with Gasteiger partial charge in [-0.25, -0.2) is 4.79 Å². The Kier molecular flexibility index (Phi) is 5.17. The molecule has 3 N–H and O–H groups in total. The Morgan fingerprint density at radius 1 is 1.32 bits per heavy atom. The summed E-state index contributed by atoms with van der Waals surface area (Å²) in [4.78, 5) is 24.7. The first-order valence-electron chi connectivity index (χ1n) is 5.94. The van der Waals surface area contributed by atoms with Gasteiger partial charge in [0.25, 0.3) is 0 Å². The van der Waals surface area contributed by atoms with Crippen LogP contribution in [0.25, 0.3) is 0 Å². The fourth-order valence-corrected chi connectivity index (χ4v) is 1.45. The van der Waals surface area contributed by atoms with Crippen LogP contribution >= 0.6 is 0 Å². The first-order valence-corrected chi connectivity index (χ1v) is 5.94. The molecule has 0 aliphatic rings. The number of urea groups is 1. The van der Waals surface area contributed by atoms with E-state index >= 15 is 0 Å². The number of rotatable bonds is 4. The molecule has 104 valence electrons. The van der Waals surface area contributed by atoms with E-state index in [0.717, 1.165) is 0 Å². The summed E-state index contributed by atoms with van der Waals surface area (Å²) in [5.74, 6) is -0.457. The number of ether oxygens (including phenoxy) is 1. The van der Waals surface area contributed by atoms with Gasteiger partial charge in [-0.05, 0) is 38.1 Å². The van der Waals surface area contributed by atoms with Crippen LogP contribution in [0.5, 0.6) is 0 Å². The maximum Gasteiger partial charge on any atom is 0.325 e. The van der Waals surface area contributed by atoms with E-state index < -0.39 is 5.97 Å². The third-order valence-corrected chi connectivity index (χ3v) is 2.57. The topological polar surface area (TPSA) is 84.7 Å². The van der Waals surface area contributed by atoms with Crippen LogP contribution in [0, 0.1) is 0 Å². The molecule has 6 heteroatoms. The normalized spacial score (nSPS) is 10.1. The van der Waals surface area contributed by atoms with Crippen LogP contribution in [-0.2, 0) is 9.53 Å². The SMILES string of the molecule is COC(=O)CN(C(=O)Nc1ccc(N)cc1)C(C)C. The molecule has 1 rings (SSSR count). The first kappa shape index (κ1) is 14.8. The number of esters is 1. The van der Waals surface area contributed by atoms with Gasteiger partial charge < -0.3 is 20.7 Å². The van der Waals surface area contributed by atoms with E-state index in [1.54, 1.807) is 24.3 Å². The smallest absolute Gasteiger partial charge is 0.325 e. The zero-order valence-corrected chi connectivity index (χ0v) is 11.3. The molecule has 1 aromatic rings. The molecule has 0 aliphatic carbocycles. The van der Waals surface area contributed by atoms with Gasteiger partial charge in [0.15, 0.2) is 0 Å². The quantitative estimate of drug-likeness (QED) is 0.640. The van der Waals surface area contributed by atoms with Gasteiger partial charge in [0.2, 0.25) is 0 Å². The van der Waals surface area contributed by atoms with Gasteiger partial charge in [0.05, 0.1) is 7.11 Å². The van der Waals surface area contributed by atoms with Crippen molar-refractivity contribution in [2.24, 2.45) is 0 Å². The van der Waals surface area contributed by atoms with Crippen molar-refractivity contribution in [1.29, 1.82) is 0 Å². The molecule has 0 unspecified atom stereocenters. The van der Waals surface area contributed by atoms with Gasteiger partial charge in [0, 0.05) is 17.4 Å². The van der Waals surface area contributed by atoms with Crippen molar-refractivity contribution in [1.82, 2.24) is 4.90 Å². The lowest BCUT2D eigenvalue weighted by Gasteiger charge is -2.25. The average molecular weight is 265 g/mol. The second-order valence-corrected chi connectivity index (χ2v) is 4.35. The zero-order chi connectivity index (χ0) is 14.4. The summed E-state index contributed by atoms with van der Waals surface area (Å²) in [7, 11) is 1.29. The van der Waals surface area contributed by atoms with E-state index in [4.69, 9.17) is 5.73 Å². The van der Waals surface area contributed by atoms with Gasteiger partial charge in [-0.2, -0.15) is 0 Å². The number of hydrogen-bond acceptors (Lipinski definition) is 4. The molecular weight excluding hydrogens is 246 g/mol. The molecule has 0 heterocycles. The molecule has 0 aromatic heterocycles. The summed E-state index contributed by atoms with van der Waals surface area (Å²) in [5, 5.41) is 2.70. The molecule has 19 heavy (non-hydrogen) atoms. The van der Waals surface area contributed by atoms with Gasteiger partial charge in [-0.3, -0.25) is 4.79 Å². The highest BCUT2D eigenvalue weighted by molar-refractivity contribution is 5.91. The van der Waals surface area contributed by atoms with Gasteiger partial charge in [0.1, 0.15) is 6.54 Å². The molecule has 0 saturated carbocycles. The number of nitrogens with zero attached hydrogens (tertiary/aromatic N) is 1. The van der Waals surface area contributed by atoms with E-state index in [1.165, 1.54) is 12.0 Å². The average Bonchev–Trinajstić information content (AvgIpc) is 2.37. The Bertz CT molecular complexity index is 443. The lowest BCUT2D eigenvalue weighted by Crippen LogP contribution is -2.43. The van der Waals surface area contributed by atoms with Crippen LogP contribution in [0.4, 0.5) is 16.2 Å². The highest BCUT2D eigenvalue weighted by Gasteiger charge is 2.20. The van der Waals surface area contributed by atoms with E-state index in [1.807, 2.05) is 13.8 Å². The van der Waals surface area contributed by atoms with Crippen LogP contribution in [-0.4, -0.2) is 36.6 Å². The Morgan fingerprint density at radius 2 is 1.89 bits per heavy atom. The van der Waals surface area contributed by atoms with Crippen LogP contribution in [0.3, 0.4) is 0 Å². The van der Waals surface area contributed by atoms with Crippen molar-refractivity contribution >= 4 is 23.4 Å². The molecule has 0 radical (unpaired) electrons. The molecule has 0 saturated heterocycles. The van der Waals surface area contributed by atoms with Gasteiger partial charge in [-0.1, -0.05) is 0 Å². The number of nitrogens with one attached hydrogen (secondary N) is 1. The monoisotopic (exact) mass is 265 g/mol. The molecule has 0 fully saturated rings. The number of hydrogen-bond donors (Lipinski definition) is 2. The van der Waals surface area contributed by atoms with Crippen LogP contribution in [0.15, 0.2) is 24.3 Å². The fraction of sp³-hybridized carbons (Fsp3) is 0.385.